The average molecular weight is 550 g/mol. The van der Waals surface area contributed by atoms with Gasteiger partial charge in [0.15, 0.2) is 6.61 Å². The number of furan rings is 1. The van der Waals surface area contributed by atoms with Crippen LogP contribution in [0, 0.1) is 20.8 Å². The number of aryl methyl sites for hydroxylation is 3. The van der Waals surface area contributed by atoms with Crippen molar-refractivity contribution in [3.05, 3.63) is 79.2 Å². The first-order valence-corrected chi connectivity index (χ1v) is 12.3. The van der Waals surface area contributed by atoms with E-state index in [1.165, 1.54) is 6.07 Å². The summed E-state index contributed by atoms with van der Waals surface area (Å²) in [5, 5.41) is 5.68. The van der Waals surface area contributed by atoms with E-state index in [1.807, 2.05) is 13.8 Å². The molecule has 0 fully saturated rings. The lowest BCUT2D eigenvalue weighted by Gasteiger charge is -2.13. The van der Waals surface area contributed by atoms with E-state index in [2.05, 4.69) is 10.5 Å². The summed E-state index contributed by atoms with van der Waals surface area (Å²) < 4.78 is 16.9. The van der Waals surface area contributed by atoms with Gasteiger partial charge in [-0.1, -0.05) is 34.8 Å². The molecule has 10 heteroatoms. The van der Waals surface area contributed by atoms with Gasteiger partial charge in [-0.05, 0) is 75.1 Å². The van der Waals surface area contributed by atoms with Crippen molar-refractivity contribution in [3.8, 4) is 11.5 Å². The van der Waals surface area contributed by atoms with Gasteiger partial charge in [0.25, 0.3) is 5.91 Å². The van der Waals surface area contributed by atoms with Crippen LogP contribution in [0.4, 0.5) is 0 Å². The molecule has 1 aliphatic carbocycles. The highest BCUT2D eigenvalue weighted by atomic mass is 35.5. The van der Waals surface area contributed by atoms with E-state index in [0.29, 0.717) is 62.0 Å². The zero-order valence-corrected chi connectivity index (χ0v) is 22.1. The van der Waals surface area contributed by atoms with Crippen molar-refractivity contribution in [1.29, 1.82) is 0 Å². The smallest absolute Gasteiger partial charge is 0.379 e. The summed E-state index contributed by atoms with van der Waals surface area (Å²) in [4.78, 5) is 25.2. The van der Waals surface area contributed by atoms with E-state index < -0.39 is 11.9 Å². The molecule has 0 saturated carbocycles. The first-order valence-electron chi connectivity index (χ1n) is 11.2. The lowest BCUT2D eigenvalue weighted by atomic mass is 9.93. The van der Waals surface area contributed by atoms with Crippen LogP contribution < -0.4 is 14.9 Å². The van der Waals surface area contributed by atoms with Crippen LogP contribution in [0.2, 0.25) is 15.1 Å². The van der Waals surface area contributed by atoms with Crippen molar-refractivity contribution < 1.29 is 23.5 Å². The Hall–Kier alpha value is -3.00. The predicted molar refractivity (Wildman–Crippen MR) is 139 cm³/mol. The van der Waals surface area contributed by atoms with Crippen molar-refractivity contribution >= 4 is 52.4 Å². The summed E-state index contributed by atoms with van der Waals surface area (Å²) in [6.45, 7) is 5.17. The number of hydrazone groups is 1. The Balaban J connectivity index is 1.47. The lowest BCUT2D eigenvalue weighted by Crippen LogP contribution is -2.27. The molecule has 0 saturated heterocycles. The number of amides is 1. The van der Waals surface area contributed by atoms with Crippen molar-refractivity contribution in [2.24, 2.45) is 5.10 Å². The van der Waals surface area contributed by atoms with Crippen LogP contribution in [-0.2, 0) is 11.2 Å². The maximum atomic E-state index is 12.9. The van der Waals surface area contributed by atoms with E-state index >= 15 is 0 Å². The third kappa shape index (κ3) is 5.69. The Morgan fingerprint density at radius 3 is 2.47 bits per heavy atom. The topological polar surface area (TPSA) is 90.1 Å². The third-order valence-corrected chi connectivity index (χ3v) is 6.83. The Morgan fingerprint density at radius 1 is 1.06 bits per heavy atom. The number of ether oxygens (including phenoxy) is 2. The van der Waals surface area contributed by atoms with Crippen molar-refractivity contribution in [1.82, 2.24) is 5.43 Å². The minimum absolute atomic E-state index is 0.104. The van der Waals surface area contributed by atoms with Gasteiger partial charge in [-0.15, -0.1) is 0 Å². The number of hydrogen-bond acceptors (Lipinski definition) is 6. The number of nitrogens with zero attached hydrogens (tertiary/aromatic N) is 1. The standard InChI is InChI=1S/C26H23Cl3N2O5/c1-13-9-17(10-14(2)24(13)29)35-26(33)25-15(3)23-19(5-4-6-21(23)36-25)30-31-22(32)12-34-20-8-7-16(27)11-18(20)28/h7-11H,4-6,12H2,1-3H3,(H,31,32)/b30-19+. The molecule has 3 aromatic rings. The molecule has 0 aliphatic heterocycles. The highest BCUT2D eigenvalue weighted by Crippen LogP contribution is 2.32. The van der Waals surface area contributed by atoms with Crippen molar-refractivity contribution in [2.45, 2.75) is 40.0 Å². The average Bonchev–Trinajstić information content (AvgIpc) is 3.17. The number of benzene rings is 2. The van der Waals surface area contributed by atoms with Gasteiger partial charge in [0, 0.05) is 27.6 Å². The molecule has 7 nitrogen and oxygen atoms in total. The second kappa shape index (κ2) is 10.9. The summed E-state index contributed by atoms with van der Waals surface area (Å²) in [6, 6.07) is 8.13. The normalized spacial score (nSPS) is 13.9. The second-order valence-corrected chi connectivity index (χ2v) is 9.65. The van der Waals surface area contributed by atoms with Gasteiger partial charge in [-0.3, -0.25) is 4.79 Å². The molecule has 1 heterocycles. The molecule has 36 heavy (non-hydrogen) atoms. The van der Waals surface area contributed by atoms with Gasteiger partial charge in [0.05, 0.1) is 10.7 Å². The predicted octanol–water partition coefficient (Wildman–Crippen LogP) is 6.62. The molecule has 188 valence electrons. The maximum Gasteiger partial charge on any atom is 0.379 e. The zero-order chi connectivity index (χ0) is 26.0. The highest BCUT2D eigenvalue weighted by Gasteiger charge is 2.29. The van der Waals surface area contributed by atoms with E-state index in [1.54, 1.807) is 31.2 Å². The van der Waals surface area contributed by atoms with Gasteiger partial charge in [-0.2, -0.15) is 5.10 Å². The number of carbonyl (C=O) groups is 2. The Morgan fingerprint density at radius 2 is 1.78 bits per heavy atom. The molecule has 0 bridgehead atoms. The van der Waals surface area contributed by atoms with E-state index in [0.717, 1.165) is 17.5 Å². The molecule has 0 unspecified atom stereocenters. The second-order valence-electron chi connectivity index (χ2n) is 8.43. The van der Waals surface area contributed by atoms with Gasteiger partial charge >= 0.3 is 5.97 Å². The maximum absolute atomic E-state index is 12.9. The first kappa shape index (κ1) is 26.1. The molecule has 1 amide bonds. The number of carbonyl (C=O) groups excluding carboxylic acids is 2. The van der Waals surface area contributed by atoms with E-state index in [-0.39, 0.29) is 12.4 Å². The fourth-order valence-electron chi connectivity index (χ4n) is 3.99. The molecule has 2 aromatic carbocycles. The quantitative estimate of drug-likeness (QED) is 0.212. The van der Waals surface area contributed by atoms with Gasteiger partial charge < -0.3 is 13.9 Å². The zero-order valence-electron chi connectivity index (χ0n) is 19.8. The highest BCUT2D eigenvalue weighted by molar-refractivity contribution is 6.35. The summed E-state index contributed by atoms with van der Waals surface area (Å²) >= 11 is 18.1. The number of nitrogens with one attached hydrogen (secondary N) is 1. The third-order valence-electron chi connectivity index (χ3n) is 5.70. The summed E-state index contributed by atoms with van der Waals surface area (Å²) in [6.07, 6.45) is 2.02. The summed E-state index contributed by atoms with van der Waals surface area (Å²) in [5.74, 6) is 0.381. The van der Waals surface area contributed by atoms with Crippen molar-refractivity contribution in [2.75, 3.05) is 6.61 Å². The molecule has 1 aliphatic rings. The molecule has 1 aromatic heterocycles. The van der Waals surface area contributed by atoms with Gasteiger partial charge in [-0.25, -0.2) is 10.2 Å². The first-order chi connectivity index (χ1) is 17.1. The van der Waals surface area contributed by atoms with Crippen LogP contribution in [0.5, 0.6) is 11.5 Å². The van der Waals surface area contributed by atoms with Crippen molar-refractivity contribution in [3.63, 3.8) is 0 Å². The van der Waals surface area contributed by atoms with Crippen LogP contribution in [0.25, 0.3) is 0 Å². The minimum atomic E-state index is -0.611. The SMILES string of the molecule is Cc1cc(OC(=O)c2oc3c(c2C)/C(=N/NC(=O)COc2ccc(Cl)cc2Cl)CCC3)cc(C)c1Cl. The fraction of sp³-hybridized carbons (Fsp3) is 0.269. The number of hydrogen-bond donors (Lipinski definition) is 1. The van der Waals surface area contributed by atoms with E-state index in [4.69, 9.17) is 48.7 Å². The van der Waals surface area contributed by atoms with Crippen LogP contribution >= 0.6 is 34.8 Å². The molecule has 4 rings (SSSR count). The number of fused-ring (bicyclic) bond motifs is 1. The van der Waals surface area contributed by atoms with Crippen LogP contribution in [0.15, 0.2) is 39.9 Å². The molecule has 1 N–H and O–H groups in total. The van der Waals surface area contributed by atoms with Crippen LogP contribution in [0.3, 0.4) is 0 Å². The largest absolute Gasteiger partial charge is 0.482 e. The Labute approximate surface area is 223 Å². The molecular weight excluding hydrogens is 527 g/mol. The number of halogens is 3. The van der Waals surface area contributed by atoms with Crippen LogP contribution in [0.1, 0.15) is 51.4 Å². The van der Waals surface area contributed by atoms with Gasteiger partial charge in [0.1, 0.15) is 17.3 Å². The minimum Gasteiger partial charge on any atom is -0.482 e. The summed E-state index contributed by atoms with van der Waals surface area (Å²) in [5.41, 5.74) is 6.05. The Bertz CT molecular complexity index is 1360. The van der Waals surface area contributed by atoms with E-state index in [9.17, 15) is 9.59 Å². The molecular formula is C26H23Cl3N2O5. The van der Waals surface area contributed by atoms with Gasteiger partial charge in [0.2, 0.25) is 5.76 Å². The molecule has 0 radical (unpaired) electrons. The number of esters is 1. The monoisotopic (exact) mass is 548 g/mol. The Kier molecular flexibility index (Phi) is 7.93. The lowest BCUT2D eigenvalue weighted by molar-refractivity contribution is -0.123. The molecule has 0 atom stereocenters. The number of rotatable bonds is 6. The summed E-state index contributed by atoms with van der Waals surface area (Å²) in [7, 11) is 0. The van der Waals surface area contributed by atoms with Crippen LogP contribution in [-0.4, -0.2) is 24.2 Å². The molecule has 0 spiro atoms. The fourth-order valence-corrected chi connectivity index (χ4v) is 4.56.